The first-order chi connectivity index (χ1) is 16.6. The summed E-state index contributed by atoms with van der Waals surface area (Å²) in [5.41, 5.74) is 2.80. The molecule has 10 heteroatoms. The molecule has 0 aliphatic carbocycles. The number of benzene rings is 2. The summed E-state index contributed by atoms with van der Waals surface area (Å²) in [5.74, 6) is 0.0138. The van der Waals surface area contributed by atoms with Gasteiger partial charge in [-0.2, -0.15) is 18.3 Å². The van der Waals surface area contributed by atoms with Crippen molar-refractivity contribution in [3.63, 3.8) is 0 Å². The maximum absolute atomic E-state index is 12.8. The summed E-state index contributed by atoms with van der Waals surface area (Å²) < 4.78 is 39.9. The second kappa shape index (κ2) is 10.0. The molecule has 0 spiro atoms. The summed E-state index contributed by atoms with van der Waals surface area (Å²) in [6.45, 7) is 9.74. The molecule has 0 unspecified atom stereocenters. The first-order valence-corrected chi connectivity index (χ1v) is 11.3. The number of nitrogens with one attached hydrogen (secondary N) is 2. The van der Waals surface area contributed by atoms with Gasteiger partial charge in [0.2, 0.25) is 5.91 Å². The van der Waals surface area contributed by atoms with E-state index in [9.17, 15) is 22.8 Å². The number of aryl methyl sites for hydroxylation is 2. The molecule has 0 radical (unpaired) electrons. The fourth-order valence-electron chi connectivity index (χ4n) is 3.49. The number of aromatic nitrogens is 2. The number of amides is 3. The monoisotopic (exact) mass is 501 g/mol. The second-order valence-electron chi connectivity index (χ2n) is 9.78. The molecule has 192 valence electrons. The number of carbonyl (C=O) groups is 2. The molecule has 3 aromatic rings. The van der Waals surface area contributed by atoms with E-state index in [1.165, 1.54) is 7.05 Å². The molecule has 0 bridgehead atoms. The van der Waals surface area contributed by atoms with Crippen molar-refractivity contribution < 1.29 is 22.8 Å². The number of alkyl halides is 3. The van der Waals surface area contributed by atoms with Crippen LogP contribution in [0.25, 0.3) is 5.69 Å². The van der Waals surface area contributed by atoms with E-state index in [0.717, 1.165) is 51.7 Å². The number of nitrogens with zero attached hydrogens (tertiary/aromatic N) is 3. The minimum atomic E-state index is -4.46. The highest BCUT2D eigenvalue weighted by molar-refractivity contribution is 5.96. The number of urea groups is 1. The van der Waals surface area contributed by atoms with Crippen LogP contribution in [0.3, 0.4) is 0 Å². The average Bonchev–Trinajstić information content (AvgIpc) is 3.17. The third-order valence-corrected chi connectivity index (χ3v) is 5.52. The third-order valence-electron chi connectivity index (χ3n) is 5.52. The van der Waals surface area contributed by atoms with E-state index < -0.39 is 23.7 Å². The fraction of sp³-hybridized carbons (Fsp3) is 0.346. The normalized spacial score (nSPS) is 11.8. The number of anilines is 2. The largest absolute Gasteiger partial charge is 0.416 e. The SMILES string of the molecule is Cc1ccc(-n2nc(C(C)(C)C)cc2NC(=O)CN(C)C(=O)Nc2ccc(C(F)(F)F)cc2)c(C)c1. The Morgan fingerprint density at radius 1 is 0.972 bits per heavy atom. The molecular weight excluding hydrogens is 471 g/mol. The van der Waals surface area contributed by atoms with Gasteiger partial charge in [0.05, 0.1) is 16.9 Å². The van der Waals surface area contributed by atoms with Gasteiger partial charge < -0.3 is 15.5 Å². The van der Waals surface area contributed by atoms with E-state index in [4.69, 9.17) is 5.10 Å². The first kappa shape index (κ1) is 26.8. The Kier molecular flexibility index (Phi) is 7.47. The molecule has 7 nitrogen and oxygen atoms in total. The highest BCUT2D eigenvalue weighted by Crippen LogP contribution is 2.30. The van der Waals surface area contributed by atoms with E-state index in [-0.39, 0.29) is 17.6 Å². The van der Waals surface area contributed by atoms with Crippen LogP contribution in [0.15, 0.2) is 48.5 Å². The molecule has 0 saturated carbocycles. The van der Waals surface area contributed by atoms with E-state index in [0.29, 0.717) is 5.82 Å². The summed E-state index contributed by atoms with van der Waals surface area (Å²) in [6, 6.07) is 11.2. The lowest BCUT2D eigenvalue weighted by atomic mass is 9.92. The number of hydrogen-bond acceptors (Lipinski definition) is 3. The van der Waals surface area contributed by atoms with Gasteiger partial charge in [0.1, 0.15) is 12.4 Å². The van der Waals surface area contributed by atoms with Crippen molar-refractivity contribution in [2.75, 3.05) is 24.2 Å². The van der Waals surface area contributed by atoms with Crippen LogP contribution < -0.4 is 10.6 Å². The van der Waals surface area contributed by atoms with E-state index in [2.05, 4.69) is 10.6 Å². The van der Waals surface area contributed by atoms with Crippen molar-refractivity contribution in [2.24, 2.45) is 0 Å². The Hall–Kier alpha value is -3.82. The smallest absolute Gasteiger partial charge is 0.318 e. The number of rotatable bonds is 5. The maximum atomic E-state index is 12.8. The third kappa shape index (κ3) is 6.44. The van der Waals surface area contributed by atoms with Crippen molar-refractivity contribution in [1.82, 2.24) is 14.7 Å². The second-order valence-corrected chi connectivity index (χ2v) is 9.78. The van der Waals surface area contributed by atoms with Crippen LogP contribution >= 0.6 is 0 Å². The zero-order chi connectivity index (χ0) is 26.8. The van der Waals surface area contributed by atoms with E-state index in [1.807, 2.05) is 52.8 Å². The van der Waals surface area contributed by atoms with Crippen LogP contribution in [0.4, 0.5) is 29.5 Å². The summed E-state index contributed by atoms with van der Waals surface area (Å²) in [4.78, 5) is 26.4. The number of likely N-dealkylation sites (N-methyl/N-ethyl adjacent to an activating group) is 1. The molecule has 36 heavy (non-hydrogen) atoms. The van der Waals surface area contributed by atoms with Crippen LogP contribution in [-0.2, 0) is 16.4 Å². The predicted molar refractivity (Wildman–Crippen MR) is 133 cm³/mol. The first-order valence-electron chi connectivity index (χ1n) is 11.3. The number of carbonyl (C=O) groups excluding carboxylic acids is 2. The zero-order valence-corrected chi connectivity index (χ0v) is 21.1. The van der Waals surface area contributed by atoms with Crippen LogP contribution in [0.2, 0.25) is 0 Å². The fourth-order valence-corrected chi connectivity index (χ4v) is 3.49. The lowest BCUT2D eigenvalue weighted by molar-refractivity contribution is -0.137. The van der Waals surface area contributed by atoms with Crippen molar-refractivity contribution >= 4 is 23.4 Å². The average molecular weight is 502 g/mol. The van der Waals surface area contributed by atoms with Crippen molar-refractivity contribution in [2.45, 2.75) is 46.2 Å². The molecule has 2 aromatic carbocycles. The zero-order valence-electron chi connectivity index (χ0n) is 21.1. The van der Waals surface area contributed by atoms with Crippen LogP contribution in [0.5, 0.6) is 0 Å². The van der Waals surface area contributed by atoms with Gasteiger partial charge in [-0.25, -0.2) is 9.48 Å². The molecule has 0 aliphatic rings. The van der Waals surface area contributed by atoms with Gasteiger partial charge in [-0.15, -0.1) is 0 Å². The number of hydrogen-bond donors (Lipinski definition) is 2. The summed E-state index contributed by atoms with van der Waals surface area (Å²) in [7, 11) is 1.42. The molecule has 0 saturated heterocycles. The van der Waals surface area contributed by atoms with Gasteiger partial charge in [-0.05, 0) is 49.7 Å². The van der Waals surface area contributed by atoms with Crippen LogP contribution in [0.1, 0.15) is 43.2 Å². The minimum Gasteiger partial charge on any atom is -0.318 e. The predicted octanol–water partition coefficient (Wildman–Crippen LogP) is 5.91. The summed E-state index contributed by atoms with van der Waals surface area (Å²) >= 11 is 0. The Labute approximate surface area is 208 Å². The lowest BCUT2D eigenvalue weighted by Crippen LogP contribution is -2.37. The van der Waals surface area contributed by atoms with Crippen LogP contribution in [-0.4, -0.2) is 40.2 Å². The molecule has 0 atom stereocenters. The van der Waals surface area contributed by atoms with E-state index in [1.54, 1.807) is 10.7 Å². The Bertz CT molecular complexity index is 1260. The van der Waals surface area contributed by atoms with Crippen LogP contribution in [0, 0.1) is 13.8 Å². The Morgan fingerprint density at radius 3 is 2.17 bits per heavy atom. The lowest BCUT2D eigenvalue weighted by Gasteiger charge is -2.18. The molecule has 2 N–H and O–H groups in total. The number of halogens is 3. The summed E-state index contributed by atoms with van der Waals surface area (Å²) in [6.07, 6.45) is -4.46. The van der Waals surface area contributed by atoms with Gasteiger partial charge in [-0.3, -0.25) is 4.79 Å². The minimum absolute atomic E-state index is 0.183. The highest BCUT2D eigenvalue weighted by atomic mass is 19.4. The van der Waals surface area contributed by atoms with Gasteiger partial charge in [-0.1, -0.05) is 38.5 Å². The Balaban J connectivity index is 1.73. The molecule has 3 amide bonds. The van der Waals surface area contributed by atoms with Gasteiger partial charge >= 0.3 is 12.2 Å². The summed E-state index contributed by atoms with van der Waals surface area (Å²) in [5, 5.41) is 10.0. The quantitative estimate of drug-likeness (QED) is 0.456. The van der Waals surface area contributed by atoms with Crippen molar-refractivity contribution in [1.29, 1.82) is 0 Å². The topological polar surface area (TPSA) is 79.3 Å². The van der Waals surface area contributed by atoms with Gasteiger partial charge in [0, 0.05) is 24.2 Å². The standard InChI is InChI=1S/C26H30F3N5O2/c1-16-7-12-20(17(2)13-16)34-22(14-21(32-34)25(3,4)5)31-23(35)15-33(6)24(36)30-19-10-8-18(9-11-19)26(27,28)29/h7-14H,15H2,1-6H3,(H,30,36)(H,31,35). The van der Waals surface area contributed by atoms with Crippen molar-refractivity contribution in [3.8, 4) is 5.69 Å². The molecule has 3 rings (SSSR count). The van der Waals surface area contributed by atoms with Gasteiger partial charge in [0.25, 0.3) is 0 Å². The maximum Gasteiger partial charge on any atom is 0.416 e. The molecule has 1 aromatic heterocycles. The highest BCUT2D eigenvalue weighted by Gasteiger charge is 2.30. The molecule has 0 aliphatic heterocycles. The Morgan fingerprint density at radius 2 is 1.61 bits per heavy atom. The molecule has 1 heterocycles. The van der Waals surface area contributed by atoms with Gasteiger partial charge in [0.15, 0.2) is 0 Å². The molecule has 0 fully saturated rings. The van der Waals surface area contributed by atoms with Crippen molar-refractivity contribution in [3.05, 3.63) is 70.9 Å². The van der Waals surface area contributed by atoms with E-state index >= 15 is 0 Å². The molecular formula is C26H30F3N5O2.